The Morgan fingerprint density at radius 3 is 2.28 bits per heavy atom. The number of nitrogens with one attached hydrogen (secondary N) is 2. The predicted octanol–water partition coefficient (Wildman–Crippen LogP) is 4.62. The van der Waals surface area contributed by atoms with E-state index in [0.29, 0.717) is 17.5 Å². The molecule has 4 heteroatoms. The van der Waals surface area contributed by atoms with E-state index >= 15 is 0 Å². The number of para-hydroxylation sites is 1. The van der Waals surface area contributed by atoms with Gasteiger partial charge in [-0.05, 0) is 48.6 Å². The fourth-order valence-corrected chi connectivity index (χ4v) is 3.24. The number of rotatable bonds is 7. The van der Waals surface area contributed by atoms with Crippen molar-refractivity contribution in [2.45, 2.75) is 38.1 Å². The van der Waals surface area contributed by atoms with E-state index in [9.17, 15) is 4.79 Å². The molecule has 1 fully saturated rings. The summed E-state index contributed by atoms with van der Waals surface area (Å²) in [6.07, 6.45) is 1.80. The van der Waals surface area contributed by atoms with Gasteiger partial charge < -0.3 is 10.6 Å². The Morgan fingerprint density at radius 1 is 1.08 bits per heavy atom. The van der Waals surface area contributed by atoms with Gasteiger partial charge in [0.2, 0.25) is 5.91 Å². The quantitative estimate of drug-likeness (QED) is 0.759. The largest absolute Gasteiger partial charge is 0.380 e. The van der Waals surface area contributed by atoms with Crippen LogP contribution in [0.3, 0.4) is 0 Å². The van der Waals surface area contributed by atoms with Gasteiger partial charge in [0.25, 0.3) is 0 Å². The zero-order chi connectivity index (χ0) is 17.9. The molecule has 0 heterocycles. The Balaban J connectivity index is 1.63. The van der Waals surface area contributed by atoms with Crippen molar-refractivity contribution in [1.29, 1.82) is 0 Å². The summed E-state index contributed by atoms with van der Waals surface area (Å²) in [4.78, 5) is 12.8. The van der Waals surface area contributed by atoms with Crippen LogP contribution in [0.25, 0.3) is 0 Å². The second-order valence-electron chi connectivity index (χ2n) is 7.16. The monoisotopic (exact) mass is 356 g/mol. The first-order chi connectivity index (χ1) is 12.0. The van der Waals surface area contributed by atoms with Crippen molar-refractivity contribution < 1.29 is 4.79 Å². The number of anilines is 1. The van der Waals surface area contributed by atoms with E-state index < -0.39 is 0 Å². The Kier molecular flexibility index (Phi) is 5.33. The van der Waals surface area contributed by atoms with Gasteiger partial charge in [-0.2, -0.15) is 0 Å². The van der Waals surface area contributed by atoms with Crippen molar-refractivity contribution in [2.24, 2.45) is 5.92 Å². The van der Waals surface area contributed by atoms with Crippen LogP contribution in [0.1, 0.15) is 32.3 Å². The van der Waals surface area contributed by atoms with E-state index in [-0.39, 0.29) is 17.4 Å². The third kappa shape index (κ3) is 4.16. The van der Waals surface area contributed by atoms with Crippen LogP contribution in [0.5, 0.6) is 0 Å². The molecular weight excluding hydrogens is 332 g/mol. The Bertz CT molecular complexity index is 708. The second-order valence-corrected chi connectivity index (χ2v) is 7.60. The SMILES string of the molecule is CC(C)C(CNC(=O)C1(c2ccc(Cl)cc2)CC1)Nc1ccccc1. The second kappa shape index (κ2) is 7.49. The van der Waals surface area contributed by atoms with Crippen LogP contribution < -0.4 is 10.6 Å². The molecule has 3 rings (SSSR count). The first-order valence-electron chi connectivity index (χ1n) is 8.87. The normalized spacial score (nSPS) is 16.3. The summed E-state index contributed by atoms with van der Waals surface area (Å²) in [5, 5.41) is 7.39. The van der Waals surface area contributed by atoms with E-state index in [0.717, 1.165) is 24.1 Å². The van der Waals surface area contributed by atoms with Gasteiger partial charge in [-0.15, -0.1) is 0 Å². The molecule has 0 saturated heterocycles. The number of hydrogen-bond acceptors (Lipinski definition) is 2. The third-order valence-corrected chi connectivity index (χ3v) is 5.25. The molecule has 1 unspecified atom stereocenters. The van der Waals surface area contributed by atoms with Crippen molar-refractivity contribution in [1.82, 2.24) is 5.32 Å². The third-order valence-electron chi connectivity index (χ3n) is 4.99. The zero-order valence-electron chi connectivity index (χ0n) is 14.8. The first kappa shape index (κ1) is 17.8. The number of halogens is 1. The lowest BCUT2D eigenvalue weighted by molar-refractivity contribution is -0.123. The van der Waals surface area contributed by atoms with Crippen LogP contribution in [0.15, 0.2) is 54.6 Å². The van der Waals surface area contributed by atoms with E-state index in [1.165, 1.54) is 0 Å². The molecule has 3 nitrogen and oxygen atoms in total. The molecule has 2 N–H and O–H groups in total. The van der Waals surface area contributed by atoms with Crippen LogP contribution in [-0.2, 0) is 10.2 Å². The number of carbonyl (C=O) groups excluding carboxylic acids is 1. The minimum absolute atomic E-state index is 0.121. The molecule has 1 saturated carbocycles. The van der Waals surface area contributed by atoms with Crippen LogP contribution in [0, 0.1) is 5.92 Å². The highest BCUT2D eigenvalue weighted by molar-refractivity contribution is 6.30. The molecule has 1 atom stereocenters. The summed E-state index contributed by atoms with van der Waals surface area (Å²) in [6.45, 7) is 4.94. The average molecular weight is 357 g/mol. The van der Waals surface area contributed by atoms with Gasteiger partial charge in [0, 0.05) is 23.3 Å². The molecule has 0 radical (unpaired) electrons. The average Bonchev–Trinajstić information content (AvgIpc) is 3.41. The van der Waals surface area contributed by atoms with Crippen LogP contribution in [-0.4, -0.2) is 18.5 Å². The molecule has 0 bridgehead atoms. The van der Waals surface area contributed by atoms with Gasteiger partial charge in [0.1, 0.15) is 0 Å². The molecule has 1 amide bonds. The molecular formula is C21H25ClN2O. The van der Waals surface area contributed by atoms with Gasteiger partial charge in [0.15, 0.2) is 0 Å². The molecule has 25 heavy (non-hydrogen) atoms. The Labute approximate surface area is 154 Å². The molecule has 2 aromatic carbocycles. The summed E-state index contributed by atoms with van der Waals surface area (Å²) in [5.74, 6) is 0.529. The van der Waals surface area contributed by atoms with Crippen molar-refractivity contribution in [3.63, 3.8) is 0 Å². The lowest BCUT2D eigenvalue weighted by Crippen LogP contribution is -2.43. The van der Waals surface area contributed by atoms with E-state index in [1.54, 1.807) is 0 Å². The lowest BCUT2D eigenvalue weighted by Gasteiger charge is -2.25. The molecule has 0 aliphatic heterocycles. The van der Waals surface area contributed by atoms with E-state index in [1.807, 2.05) is 54.6 Å². The van der Waals surface area contributed by atoms with Gasteiger partial charge in [-0.3, -0.25) is 4.79 Å². The van der Waals surface area contributed by atoms with Gasteiger partial charge in [-0.25, -0.2) is 0 Å². The highest BCUT2D eigenvalue weighted by Crippen LogP contribution is 2.48. The number of benzene rings is 2. The van der Waals surface area contributed by atoms with Crippen LogP contribution in [0.4, 0.5) is 5.69 Å². The summed E-state index contributed by atoms with van der Waals surface area (Å²) >= 11 is 5.97. The maximum atomic E-state index is 12.8. The summed E-state index contributed by atoms with van der Waals surface area (Å²) in [7, 11) is 0. The number of hydrogen-bond donors (Lipinski definition) is 2. The van der Waals surface area contributed by atoms with Crippen molar-refractivity contribution >= 4 is 23.2 Å². The first-order valence-corrected chi connectivity index (χ1v) is 9.25. The Hall–Kier alpha value is -2.00. The highest BCUT2D eigenvalue weighted by atomic mass is 35.5. The maximum Gasteiger partial charge on any atom is 0.230 e. The molecule has 132 valence electrons. The molecule has 2 aromatic rings. The van der Waals surface area contributed by atoms with Crippen molar-refractivity contribution in [3.8, 4) is 0 Å². The van der Waals surface area contributed by atoms with Gasteiger partial charge in [-0.1, -0.05) is 55.8 Å². The molecule has 1 aliphatic carbocycles. The predicted molar refractivity (Wildman–Crippen MR) is 104 cm³/mol. The summed E-state index contributed by atoms with van der Waals surface area (Å²) in [5.41, 5.74) is 1.78. The fourth-order valence-electron chi connectivity index (χ4n) is 3.11. The van der Waals surface area contributed by atoms with Gasteiger partial charge in [0.05, 0.1) is 5.41 Å². The van der Waals surface area contributed by atoms with Crippen LogP contribution >= 0.6 is 11.6 Å². The molecule has 0 spiro atoms. The maximum absolute atomic E-state index is 12.8. The highest BCUT2D eigenvalue weighted by Gasteiger charge is 2.51. The zero-order valence-corrected chi connectivity index (χ0v) is 15.5. The van der Waals surface area contributed by atoms with E-state index in [2.05, 4.69) is 24.5 Å². The smallest absolute Gasteiger partial charge is 0.230 e. The van der Waals surface area contributed by atoms with Crippen molar-refractivity contribution in [2.75, 3.05) is 11.9 Å². The number of amides is 1. The minimum Gasteiger partial charge on any atom is -0.380 e. The topological polar surface area (TPSA) is 41.1 Å². The summed E-state index contributed by atoms with van der Waals surface area (Å²) < 4.78 is 0. The molecule has 1 aliphatic rings. The van der Waals surface area contributed by atoms with Crippen molar-refractivity contribution in [3.05, 3.63) is 65.2 Å². The lowest BCUT2D eigenvalue weighted by atomic mass is 9.94. The molecule has 0 aromatic heterocycles. The van der Waals surface area contributed by atoms with Gasteiger partial charge >= 0.3 is 0 Å². The Morgan fingerprint density at radius 2 is 1.72 bits per heavy atom. The fraction of sp³-hybridized carbons (Fsp3) is 0.381. The number of carbonyl (C=O) groups is 1. The summed E-state index contributed by atoms with van der Waals surface area (Å²) in [6, 6.07) is 18.0. The standard InChI is InChI=1S/C21H25ClN2O/c1-15(2)19(24-18-6-4-3-5-7-18)14-23-20(25)21(12-13-21)16-8-10-17(22)11-9-16/h3-11,15,19,24H,12-14H2,1-2H3,(H,23,25). The minimum atomic E-state index is -0.362. The van der Waals surface area contributed by atoms with Crippen LogP contribution in [0.2, 0.25) is 5.02 Å². The van der Waals surface area contributed by atoms with E-state index in [4.69, 9.17) is 11.6 Å².